The molecule has 4 aromatic heterocycles. The summed E-state index contributed by atoms with van der Waals surface area (Å²) in [6.45, 7) is 11.7. The van der Waals surface area contributed by atoms with Gasteiger partial charge in [0, 0.05) is 110 Å². The van der Waals surface area contributed by atoms with Crippen LogP contribution in [0.4, 0.5) is 4.79 Å². The second kappa shape index (κ2) is 16.2. The third kappa shape index (κ3) is 8.32. The normalized spacial score (nSPS) is 17.3. The summed E-state index contributed by atoms with van der Waals surface area (Å²) in [5.41, 5.74) is 5.64. The van der Waals surface area contributed by atoms with Gasteiger partial charge in [0.25, 0.3) is 0 Å². The smallest absolute Gasteiger partial charge is 0.410 e. The zero-order valence-electron chi connectivity index (χ0n) is 34.6. The lowest BCUT2D eigenvalue weighted by Gasteiger charge is -2.60. The lowest BCUT2D eigenvalue weighted by Crippen LogP contribution is -2.72. The first-order chi connectivity index (χ1) is 28.6. The molecule has 16 heteroatoms. The highest BCUT2D eigenvalue weighted by molar-refractivity contribution is 6.39. The van der Waals surface area contributed by atoms with E-state index < -0.39 is 11.7 Å². The Bertz CT molecular complexity index is 2490. The van der Waals surface area contributed by atoms with Gasteiger partial charge in [0.15, 0.2) is 11.4 Å². The van der Waals surface area contributed by atoms with Crippen molar-refractivity contribution in [2.75, 3.05) is 46.9 Å². The first-order valence-electron chi connectivity index (χ1n) is 19.9. The zero-order chi connectivity index (χ0) is 42.5. The molecule has 14 nitrogen and oxygen atoms in total. The maximum atomic E-state index is 13.3. The van der Waals surface area contributed by atoms with E-state index in [2.05, 4.69) is 10.2 Å². The molecule has 3 aliphatic rings. The third-order valence-electron chi connectivity index (χ3n) is 11.2. The molecule has 60 heavy (non-hydrogen) atoms. The van der Waals surface area contributed by atoms with Crippen molar-refractivity contribution in [3.8, 4) is 45.3 Å². The summed E-state index contributed by atoms with van der Waals surface area (Å²) in [7, 11) is 3.14. The van der Waals surface area contributed by atoms with Crippen LogP contribution >= 0.6 is 23.2 Å². The van der Waals surface area contributed by atoms with Crippen molar-refractivity contribution in [3.05, 3.63) is 82.4 Å². The van der Waals surface area contributed by atoms with Crippen LogP contribution in [0.2, 0.25) is 10.0 Å². The molecule has 0 unspecified atom stereocenters. The summed E-state index contributed by atoms with van der Waals surface area (Å²) < 4.78 is 19.2. The number of hydrogen-bond donors (Lipinski definition) is 1. The second-order valence-electron chi connectivity index (χ2n) is 17.0. The minimum atomic E-state index is -0.706. The Morgan fingerprint density at radius 3 is 2.40 bits per heavy atom. The number of halogens is 2. The molecule has 1 atom stereocenters. The number of benzene rings is 1. The van der Waals surface area contributed by atoms with E-state index in [1.54, 1.807) is 25.1 Å². The average molecular weight is 856 g/mol. The monoisotopic (exact) mass is 854 g/mol. The standard InChI is InChI=1S/C44H48Cl2N8O6/c1-26(55)54-24-44(25-54)22-51(23-44)19-30-21-52-18-28(16-35(58-5)40(52)49-30)39-38(46)32(14-15-47-39)31-8-7-9-33(37(31)45)34-12-10-27(41(50-34)59-6)17-53(42(57)60-43(2,3)4)20-29-11-13-36(56)48-29/h7-10,12,14-16,18,21,29H,11,13,17,19-20,22-25H2,1-6H3,(H,48,56)/t29-/m0/s1. The minimum absolute atomic E-state index is 0.0352. The molecule has 5 aromatic rings. The summed E-state index contributed by atoms with van der Waals surface area (Å²) in [6.07, 6.45) is 6.20. The van der Waals surface area contributed by atoms with Crippen molar-refractivity contribution in [1.29, 1.82) is 0 Å². The number of ether oxygens (including phenoxy) is 3. The zero-order valence-corrected chi connectivity index (χ0v) is 36.1. The summed E-state index contributed by atoms with van der Waals surface area (Å²) in [6, 6.07) is 12.9. The lowest BCUT2D eigenvalue weighted by molar-refractivity contribution is -0.157. The van der Waals surface area contributed by atoms with Gasteiger partial charge in [0.1, 0.15) is 5.60 Å². The highest BCUT2D eigenvalue weighted by Crippen LogP contribution is 2.43. The van der Waals surface area contributed by atoms with Crippen molar-refractivity contribution in [3.63, 3.8) is 0 Å². The fraction of sp³-hybridized carbons (Fsp3) is 0.409. The van der Waals surface area contributed by atoms with Gasteiger partial charge in [-0.3, -0.25) is 19.5 Å². The van der Waals surface area contributed by atoms with Crippen LogP contribution in [-0.4, -0.2) is 111 Å². The Kier molecular flexibility index (Phi) is 11.2. The summed E-state index contributed by atoms with van der Waals surface area (Å²) >= 11 is 14.4. The van der Waals surface area contributed by atoms with Crippen LogP contribution in [0.5, 0.6) is 11.6 Å². The number of nitrogens with zero attached hydrogens (tertiary/aromatic N) is 7. The largest absolute Gasteiger partial charge is 0.493 e. The van der Waals surface area contributed by atoms with Crippen molar-refractivity contribution < 1.29 is 28.6 Å². The van der Waals surface area contributed by atoms with E-state index in [1.807, 2.05) is 84.9 Å². The number of aromatic nitrogens is 4. The maximum absolute atomic E-state index is 13.3. The molecule has 7 heterocycles. The van der Waals surface area contributed by atoms with Gasteiger partial charge in [-0.2, -0.15) is 0 Å². The molecular formula is C44H48Cl2N8O6. The summed E-state index contributed by atoms with van der Waals surface area (Å²) in [5.74, 6) is 1.01. The molecule has 0 aliphatic carbocycles. The summed E-state index contributed by atoms with van der Waals surface area (Å²) in [5, 5.41) is 3.78. The van der Waals surface area contributed by atoms with Crippen LogP contribution in [0, 0.1) is 5.41 Å². The van der Waals surface area contributed by atoms with E-state index in [0.717, 1.165) is 37.4 Å². The van der Waals surface area contributed by atoms with Crippen LogP contribution < -0.4 is 14.8 Å². The quantitative estimate of drug-likeness (QED) is 0.146. The number of nitrogens with one attached hydrogen (secondary N) is 1. The van der Waals surface area contributed by atoms with Crippen LogP contribution in [0.25, 0.3) is 39.3 Å². The summed E-state index contributed by atoms with van der Waals surface area (Å²) in [4.78, 5) is 57.2. The van der Waals surface area contributed by atoms with Gasteiger partial charge in [-0.15, -0.1) is 0 Å². The van der Waals surface area contributed by atoms with Gasteiger partial charge < -0.3 is 33.7 Å². The van der Waals surface area contributed by atoms with Crippen LogP contribution in [0.15, 0.2) is 61.1 Å². The topological polar surface area (TPSA) is 144 Å². The fourth-order valence-corrected chi connectivity index (χ4v) is 9.07. The van der Waals surface area contributed by atoms with Gasteiger partial charge in [0.05, 0.1) is 47.9 Å². The molecule has 3 amide bonds. The Morgan fingerprint density at radius 1 is 0.967 bits per heavy atom. The number of carbonyl (C=O) groups is 3. The van der Waals surface area contributed by atoms with E-state index >= 15 is 0 Å². The highest BCUT2D eigenvalue weighted by Gasteiger charge is 2.52. The van der Waals surface area contributed by atoms with Crippen molar-refractivity contribution in [2.24, 2.45) is 5.41 Å². The second-order valence-corrected chi connectivity index (χ2v) is 17.8. The van der Waals surface area contributed by atoms with Gasteiger partial charge >= 0.3 is 6.09 Å². The van der Waals surface area contributed by atoms with Crippen molar-refractivity contribution in [2.45, 2.75) is 65.3 Å². The van der Waals surface area contributed by atoms with Crippen LogP contribution in [-0.2, 0) is 27.4 Å². The number of pyridine rings is 3. The van der Waals surface area contributed by atoms with E-state index in [9.17, 15) is 14.4 Å². The number of fused-ring (bicyclic) bond motifs is 1. The Morgan fingerprint density at radius 2 is 1.72 bits per heavy atom. The number of amides is 3. The van der Waals surface area contributed by atoms with Crippen LogP contribution in [0.1, 0.15) is 51.8 Å². The SMILES string of the molecule is COc1nc(-c2cccc(-c3ccnc(-c4cc(OC)c5nc(CN6CC7(C6)CN(C(C)=O)C7)cn5c4)c3Cl)c2Cl)ccc1CN(C[C@@H]1CCC(=O)N1)C(=O)OC(C)(C)C. The first kappa shape index (κ1) is 41.3. The molecule has 1 N–H and O–H groups in total. The molecule has 8 rings (SSSR count). The number of rotatable bonds is 11. The van der Waals surface area contributed by atoms with E-state index in [4.69, 9.17) is 52.4 Å². The number of methoxy groups -OCH3 is 2. The molecule has 3 fully saturated rings. The third-order valence-corrected chi connectivity index (χ3v) is 12.0. The maximum Gasteiger partial charge on any atom is 0.410 e. The Balaban J connectivity index is 1.04. The van der Waals surface area contributed by atoms with Crippen molar-refractivity contribution >= 4 is 46.8 Å². The van der Waals surface area contributed by atoms with Gasteiger partial charge in [-0.1, -0.05) is 41.4 Å². The van der Waals surface area contributed by atoms with Crippen LogP contribution in [0.3, 0.4) is 0 Å². The van der Waals surface area contributed by atoms with Gasteiger partial charge in [0.2, 0.25) is 17.7 Å². The highest BCUT2D eigenvalue weighted by atomic mass is 35.5. The van der Waals surface area contributed by atoms with E-state index in [-0.39, 0.29) is 36.4 Å². The Hall–Kier alpha value is -5.44. The average Bonchev–Trinajstić information content (AvgIpc) is 3.79. The molecular weight excluding hydrogens is 807 g/mol. The molecule has 314 valence electrons. The molecule has 0 bridgehead atoms. The number of likely N-dealkylation sites (tertiary alicyclic amines) is 2. The van der Waals surface area contributed by atoms with E-state index in [1.165, 1.54) is 7.11 Å². The lowest BCUT2D eigenvalue weighted by atomic mass is 9.73. The fourth-order valence-electron chi connectivity index (χ4n) is 8.43. The molecule has 1 spiro atoms. The van der Waals surface area contributed by atoms with E-state index in [0.29, 0.717) is 80.4 Å². The molecule has 3 aliphatic heterocycles. The minimum Gasteiger partial charge on any atom is -0.493 e. The Labute approximate surface area is 358 Å². The molecule has 0 saturated carbocycles. The first-order valence-corrected chi connectivity index (χ1v) is 20.7. The van der Waals surface area contributed by atoms with Gasteiger partial charge in [-0.25, -0.2) is 14.8 Å². The number of imidazole rings is 1. The molecule has 1 aromatic carbocycles. The van der Waals surface area contributed by atoms with Gasteiger partial charge in [-0.05, 0) is 51.5 Å². The van der Waals surface area contributed by atoms with Crippen molar-refractivity contribution in [1.82, 2.24) is 39.4 Å². The molecule has 3 saturated heterocycles. The molecule has 0 radical (unpaired) electrons. The number of hydrogen-bond acceptors (Lipinski definition) is 10. The predicted molar refractivity (Wildman–Crippen MR) is 228 cm³/mol. The predicted octanol–water partition coefficient (Wildman–Crippen LogP) is 7.13. The number of carbonyl (C=O) groups excluding carboxylic acids is 3.